The van der Waals surface area contributed by atoms with Gasteiger partial charge in [0.2, 0.25) is 5.13 Å². The molecule has 1 amide bonds. The Kier molecular flexibility index (Phi) is 4.10. The summed E-state index contributed by atoms with van der Waals surface area (Å²) >= 11 is 7.68. The van der Waals surface area contributed by atoms with Gasteiger partial charge in [-0.3, -0.25) is 10.00 Å². The average Bonchev–Trinajstić information content (AvgIpc) is 3.45. The number of fused-ring (bicyclic) bond motifs is 1. The van der Waals surface area contributed by atoms with Gasteiger partial charge in [-0.25, -0.2) is 4.79 Å². The standard InChI is InChI=1S/C18H13ClN6O2S/c19-15-12-9-20-23-13(12)4-5-14(15)21-17-22-16(24-28-17)10-2-1-3-11(8-10)25-6-7-27-18(25)26/h1-5,8-9H,6-7H2,(H,20,23)(H,21,22,24). The van der Waals surface area contributed by atoms with E-state index < -0.39 is 0 Å². The lowest BCUT2D eigenvalue weighted by atomic mass is 10.2. The Balaban J connectivity index is 1.41. The van der Waals surface area contributed by atoms with E-state index in [1.165, 1.54) is 11.5 Å². The van der Waals surface area contributed by atoms with Gasteiger partial charge in [0.15, 0.2) is 5.82 Å². The number of halogens is 1. The molecule has 0 atom stereocenters. The smallest absolute Gasteiger partial charge is 0.414 e. The van der Waals surface area contributed by atoms with E-state index in [0.717, 1.165) is 27.8 Å². The van der Waals surface area contributed by atoms with Crippen LogP contribution in [0.2, 0.25) is 5.02 Å². The Labute approximate surface area is 168 Å². The number of rotatable bonds is 4. The molecule has 140 valence electrons. The summed E-state index contributed by atoms with van der Waals surface area (Å²) in [4.78, 5) is 17.9. The van der Waals surface area contributed by atoms with Gasteiger partial charge in [-0.15, -0.1) is 0 Å². The van der Waals surface area contributed by atoms with Crippen LogP contribution in [0.25, 0.3) is 22.3 Å². The topological polar surface area (TPSA) is 96.0 Å². The maximum atomic E-state index is 11.8. The third kappa shape index (κ3) is 2.94. The zero-order chi connectivity index (χ0) is 19.1. The number of amides is 1. The number of anilines is 3. The van der Waals surface area contributed by atoms with Crippen LogP contribution in [0, 0.1) is 0 Å². The van der Waals surface area contributed by atoms with Gasteiger partial charge >= 0.3 is 6.09 Å². The highest BCUT2D eigenvalue weighted by atomic mass is 35.5. The highest BCUT2D eigenvalue weighted by molar-refractivity contribution is 7.10. The minimum Gasteiger partial charge on any atom is -0.447 e. The van der Waals surface area contributed by atoms with Crippen molar-refractivity contribution in [3.8, 4) is 11.4 Å². The highest BCUT2D eigenvalue weighted by Crippen LogP contribution is 2.33. The molecule has 0 saturated carbocycles. The van der Waals surface area contributed by atoms with Gasteiger partial charge in [0.05, 0.1) is 29.0 Å². The second-order valence-electron chi connectivity index (χ2n) is 6.12. The Morgan fingerprint density at radius 3 is 3.07 bits per heavy atom. The van der Waals surface area contributed by atoms with Crippen LogP contribution in [-0.2, 0) is 4.74 Å². The lowest BCUT2D eigenvalue weighted by molar-refractivity contribution is 0.181. The van der Waals surface area contributed by atoms with Crippen molar-refractivity contribution < 1.29 is 9.53 Å². The van der Waals surface area contributed by atoms with Crippen LogP contribution in [0.4, 0.5) is 21.3 Å². The first kappa shape index (κ1) is 17.0. The Morgan fingerprint density at radius 1 is 1.29 bits per heavy atom. The first-order chi connectivity index (χ1) is 13.7. The Morgan fingerprint density at radius 2 is 2.21 bits per heavy atom. The fourth-order valence-electron chi connectivity index (χ4n) is 3.03. The normalized spacial score (nSPS) is 13.9. The number of hydrogen-bond donors (Lipinski definition) is 2. The van der Waals surface area contributed by atoms with Crippen molar-refractivity contribution in [3.05, 3.63) is 47.6 Å². The molecule has 28 heavy (non-hydrogen) atoms. The van der Waals surface area contributed by atoms with Crippen LogP contribution in [0.5, 0.6) is 0 Å². The van der Waals surface area contributed by atoms with E-state index in [-0.39, 0.29) is 6.09 Å². The molecule has 5 rings (SSSR count). The molecule has 10 heteroatoms. The number of cyclic esters (lactones) is 1. The number of aromatic nitrogens is 4. The molecule has 1 aliphatic heterocycles. The van der Waals surface area contributed by atoms with Crippen molar-refractivity contribution in [1.82, 2.24) is 19.6 Å². The maximum absolute atomic E-state index is 11.8. The number of aromatic amines is 1. The number of carbonyl (C=O) groups excluding carboxylic acids is 1. The van der Waals surface area contributed by atoms with Crippen molar-refractivity contribution in [3.63, 3.8) is 0 Å². The van der Waals surface area contributed by atoms with Crippen LogP contribution in [0.1, 0.15) is 0 Å². The summed E-state index contributed by atoms with van der Waals surface area (Å²) < 4.78 is 9.42. The molecular formula is C18H13ClN6O2S. The molecule has 3 heterocycles. The van der Waals surface area contributed by atoms with E-state index in [0.29, 0.717) is 29.1 Å². The summed E-state index contributed by atoms with van der Waals surface area (Å²) in [7, 11) is 0. The van der Waals surface area contributed by atoms with Crippen LogP contribution in [0.3, 0.4) is 0 Å². The maximum Gasteiger partial charge on any atom is 0.414 e. The van der Waals surface area contributed by atoms with Gasteiger partial charge in [-0.2, -0.15) is 14.5 Å². The molecule has 0 bridgehead atoms. The van der Waals surface area contributed by atoms with Crippen LogP contribution in [-0.4, -0.2) is 38.8 Å². The fourth-order valence-corrected chi connectivity index (χ4v) is 3.89. The van der Waals surface area contributed by atoms with Gasteiger partial charge in [-0.05, 0) is 24.3 Å². The lowest BCUT2D eigenvalue weighted by Crippen LogP contribution is -2.23. The van der Waals surface area contributed by atoms with E-state index >= 15 is 0 Å². The summed E-state index contributed by atoms with van der Waals surface area (Å²) in [6.45, 7) is 0.933. The molecule has 0 spiro atoms. The summed E-state index contributed by atoms with van der Waals surface area (Å²) in [5.41, 5.74) is 3.17. The van der Waals surface area contributed by atoms with Crippen molar-refractivity contribution in [2.75, 3.05) is 23.4 Å². The monoisotopic (exact) mass is 412 g/mol. The summed E-state index contributed by atoms with van der Waals surface area (Å²) in [5, 5.41) is 12.1. The molecular weight excluding hydrogens is 400 g/mol. The third-order valence-electron chi connectivity index (χ3n) is 4.40. The van der Waals surface area contributed by atoms with Gasteiger partial charge in [-0.1, -0.05) is 23.7 Å². The zero-order valence-corrected chi connectivity index (χ0v) is 15.9. The van der Waals surface area contributed by atoms with Gasteiger partial charge in [0.25, 0.3) is 0 Å². The molecule has 0 unspecified atom stereocenters. The van der Waals surface area contributed by atoms with Gasteiger partial charge in [0, 0.05) is 28.2 Å². The molecule has 4 aromatic rings. The summed E-state index contributed by atoms with van der Waals surface area (Å²) in [6, 6.07) is 11.3. The molecule has 0 aliphatic carbocycles. The first-order valence-corrected chi connectivity index (χ1v) is 9.61. The molecule has 0 radical (unpaired) electrons. The number of carbonyl (C=O) groups is 1. The molecule has 2 aromatic heterocycles. The number of hydrogen-bond acceptors (Lipinski definition) is 7. The van der Waals surface area contributed by atoms with Crippen molar-refractivity contribution in [2.45, 2.75) is 0 Å². The third-order valence-corrected chi connectivity index (χ3v) is 5.44. The molecule has 1 saturated heterocycles. The second kappa shape index (κ2) is 6.77. The Hall–Kier alpha value is -3.17. The van der Waals surface area contributed by atoms with E-state index in [1.54, 1.807) is 11.1 Å². The zero-order valence-electron chi connectivity index (χ0n) is 14.3. The fraction of sp³-hybridized carbons (Fsp3) is 0.111. The molecule has 2 aromatic carbocycles. The molecule has 8 nitrogen and oxygen atoms in total. The Bertz CT molecular complexity index is 1190. The molecule has 1 aliphatic rings. The minimum atomic E-state index is -0.338. The number of nitrogens with zero attached hydrogens (tertiary/aromatic N) is 4. The van der Waals surface area contributed by atoms with Crippen LogP contribution < -0.4 is 10.2 Å². The van der Waals surface area contributed by atoms with Crippen molar-refractivity contribution in [1.29, 1.82) is 0 Å². The van der Waals surface area contributed by atoms with Crippen molar-refractivity contribution in [2.24, 2.45) is 0 Å². The van der Waals surface area contributed by atoms with Gasteiger partial charge in [0.1, 0.15) is 6.61 Å². The van der Waals surface area contributed by atoms with Crippen molar-refractivity contribution >= 4 is 56.6 Å². The molecule has 1 fully saturated rings. The molecule has 2 N–H and O–H groups in total. The number of nitrogens with one attached hydrogen (secondary N) is 2. The number of H-pyrrole nitrogens is 1. The minimum absolute atomic E-state index is 0.338. The van der Waals surface area contributed by atoms with Crippen LogP contribution in [0.15, 0.2) is 42.6 Å². The quantitative estimate of drug-likeness (QED) is 0.514. The van der Waals surface area contributed by atoms with E-state index in [1.807, 2.05) is 36.4 Å². The second-order valence-corrected chi connectivity index (χ2v) is 7.25. The lowest BCUT2D eigenvalue weighted by Gasteiger charge is -2.12. The van der Waals surface area contributed by atoms with Crippen LogP contribution >= 0.6 is 23.1 Å². The number of ether oxygens (including phenoxy) is 1. The largest absolute Gasteiger partial charge is 0.447 e. The average molecular weight is 413 g/mol. The predicted octanol–water partition coefficient (Wildman–Crippen LogP) is 4.44. The first-order valence-electron chi connectivity index (χ1n) is 8.46. The number of benzene rings is 2. The van der Waals surface area contributed by atoms with E-state index in [9.17, 15) is 4.79 Å². The summed E-state index contributed by atoms with van der Waals surface area (Å²) in [5.74, 6) is 0.572. The summed E-state index contributed by atoms with van der Waals surface area (Å²) in [6.07, 6.45) is 1.35. The van der Waals surface area contributed by atoms with E-state index in [2.05, 4.69) is 24.9 Å². The SMILES string of the molecule is O=C1OCCN1c1cccc(-c2nsc(Nc3ccc4[nH]ncc4c3Cl)n2)c1. The van der Waals surface area contributed by atoms with E-state index in [4.69, 9.17) is 16.3 Å². The highest BCUT2D eigenvalue weighted by Gasteiger charge is 2.24. The predicted molar refractivity (Wildman–Crippen MR) is 108 cm³/mol. The van der Waals surface area contributed by atoms with Gasteiger partial charge < -0.3 is 10.1 Å².